The van der Waals surface area contributed by atoms with E-state index in [1.807, 2.05) is 0 Å². The molecule has 0 aromatic heterocycles. The summed E-state index contributed by atoms with van der Waals surface area (Å²) in [6, 6.07) is 30.7. The minimum atomic E-state index is -0.419. The van der Waals surface area contributed by atoms with E-state index < -0.39 is 5.41 Å². The van der Waals surface area contributed by atoms with Gasteiger partial charge < -0.3 is 19.7 Å². The summed E-state index contributed by atoms with van der Waals surface area (Å²) in [5, 5.41) is 18.3. The van der Waals surface area contributed by atoms with Crippen LogP contribution in [0.5, 0.6) is 0 Å². The van der Waals surface area contributed by atoms with Crippen molar-refractivity contribution in [1.29, 1.82) is 0 Å². The molecule has 0 bridgehead atoms. The second-order valence-electron chi connectivity index (χ2n) is 9.15. The number of benzene rings is 4. The van der Waals surface area contributed by atoms with Gasteiger partial charge in [-0.05, 0) is 55.6 Å². The van der Waals surface area contributed by atoms with E-state index in [1.54, 1.807) is 0 Å². The van der Waals surface area contributed by atoms with Crippen molar-refractivity contribution >= 4 is 0 Å². The first-order chi connectivity index (χ1) is 17.3. The second kappa shape index (κ2) is 9.06. The van der Waals surface area contributed by atoms with Gasteiger partial charge in [0.25, 0.3) is 0 Å². The van der Waals surface area contributed by atoms with Crippen LogP contribution in [0.25, 0.3) is 22.3 Å². The average Bonchev–Trinajstić information content (AvgIpc) is 3.36. The molecule has 4 aromatic rings. The van der Waals surface area contributed by atoms with E-state index in [0.29, 0.717) is 26.4 Å². The van der Waals surface area contributed by atoms with Gasteiger partial charge in [0.15, 0.2) is 0 Å². The Morgan fingerprint density at radius 1 is 0.514 bits per heavy atom. The predicted octanol–water partition coefficient (Wildman–Crippen LogP) is 5.05. The molecule has 0 radical (unpaired) electrons. The Bertz CT molecular complexity index is 1280. The highest BCUT2D eigenvalue weighted by molar-refractivity contribution is 5.95. The third-order valence-electron chi connectivity index (χ3n) is 7.23. The lowest BCUT2D eigenvalue weighted by atomic mass is 9.70. The van der Waals surface area contributed by atoms with Crippen molar-refractivity contribution in [3.8, 4) is 22.3 Å². The lowest BCUT2D eigenvalue weighted by molar-refractivity contribution is 0.0815. The molecule has 0 atom stereocenters. The fourth-order valence-corrected chi connectivity index (χ4v) is 5.92. The topological polar surface area (TPSA) is 58.9 Å². The molecule has 4 heteroatoms. The van der Waals surface area contributed by atoms with Crippen LogP contribution in [0, 0.1) is 0 Å². The van der Waals surface area contributed by atoms with Crippen LogP contribution in [-0.4, -0.2) is 36.6 Å². The second-order valence-corrected chi connectivity index (χ2v) is 9.15. The fourth-order valence-electron chi connectivity index (χ4n) is 5.92. The molecule has 0 heterocycles. The van der Waals surface area contributed by atoms with Gasteiger partial charge in [-0.2, -0.15) is 0 Å². The highest BCUT2D eigenvalue weighted by atomic mass is 16.5. The summed E-state index contributed by atoms with van der Waals surface area (Å²) in [7, 11) is 0. The molecule has 2 aliphatic rings. The average molecular weight is 465 g/mol. The van der Waals surface area contributed by atoms with Gasteiger partial charge in [-0.3, -0.25) is 0 Å². The van der Waals surface area contributed by atoms with Crippen LogP contribution in [0.15, 0.2) is 84.9 Å². The number of hydrogen-bond donors (Lipinski definition) is 2. The van der Waals surface area contributed by atoms with Crippen LogP contribution in [0.4, 0.5) is 0 Å². The zero-order valence-corrected chi connectivity index (χ0v) is 19.5. The van der Waals surface area contributed by atoms with Crippen molar-refractivity contribution in [3.05, 3.63) is 118 Å². The zero-order valence-electron chi connectivity index (χ0n) is 19.5. The molecule has 0 fully saturated rings. The predicted molar refractivity (Wildman–Crippen MR) is 136 cm³/mol. The van der Waals surface area contributed by atoms with Gasteiger partial charge in [-0.1, -0.05) is 84.9 Å². The Kier molecular flexibility index (Phi) is 5.75. The Balaban J connectivity index is 1.60. The number of aliphatic hydroxyl groups is 2. The summed E-state index contributed by atoms with van der Waals surface area (Å²) in [5.74, 6) is 0. The summed E-state index contributed by atoms with van der Waals surface area (Å²) in [4.78, 5) is 0. The van der Waals surface area contributed by atoms with Crippen LogP contribution < -0.4 is 0 Å². The van der Waals surface area contributed by atoms with Crippen molar-refractivity contribution in [2.24, 2.45) is 0 Å². The standard InChI is InChI=1S/C31H28O4/c32-13-15-34-19-21-9-11-25-23-5-1-3-7-27(23)31(29(25)17-21)28-8-4-2-6-24(28)26-12-10-22(18-30(26)31)20-35-16-14-33/h1-12,17-18,32-33H,13-16,19-20H2. The third-order valence-corrected chi connectivity index (χ3v) is 7.23. The van der Waals surface area contributed by atoms with Crippen molar-refractivity contribution in [2.45, 2.75) is 18.6 Å². The Labute approximate surface area is 205 Å². The first-order valence-corrected chi connectivity index (χ1v) is 12.1. The highest BCUT2D eigenvalue weighted by Crippen LogP contribution is 2.62. The van der Waals surface area contributed by atoms with Crippen LogP contribution in [0.1, 0.15) is 33.4 Å². The molecule has 0 unspecified atom stereocenters. The van der Waals surface area contributed by atoms with E-state index in [-0.39, 0.29) is 13.2 Å². The van der Waals surface area contributed by atoms with Crippen molar-refractivity contribution in [2.75, 3.05) is 26.4 Å². The Morgan fingerprint density at radius 3 is 1.40 bits per heavy atom. The lowest BCUT2D eigenvalue weighted by Gasteiger charge is -2.31. The van der Waals surface area contributed by atoms with E-state index in [1.165, 1.54) is 44.5 Å². The van der Waals surface area contributed by atoms with E-state index in [4.69, 9.17) is 19.7 Å². The molecule has 2 N–H and O–H groups in total. The molecule has 4 aromatic carbocycles. The molecule has 4 nitrogen and oxygen atoms in total. The monoisotopic (exact) mass is 464 g/mol. The number of fused-ring (bicyclic) bond motifs is 10. The largest absolute Gasteiger partial charge is 0.394 e. The fraction of sp³-hybridized carbons (Fsp3) is 0.226. The molecular formula is C31H28O4. The minimum Gasteiger partial charge on any atom is -0.394 e. The van der Waals surface area contributed by atoms with E-state index in [2.05, 4.69) is 84.9 Å². The summed E-state index contributed by atoms with van der Waals surface area (Å²) >= 11 is 0. The molecule has 2 aliphatic carbocycles. The van der Waals surface area contributed by atoms with Gasteiger partial charge in [0.05, 0.1) is 45.1 Å². The Hall–Kier alpha value is -3.28. The van der Waals surface area contributed by atoms with Gasteiger partial charge in [-0.15, -0.1) is 0 Å². The summed E-state index contributed by atoms with van der Waals surface area (Å²) in [5.41, 5.74) is 11.9. The maximum atomic E-state index is 9.16. The molecule has 1 spiro atoms. The van der Waals surface area contributed by atoms with Crippen LogP contribution in [0.3, 0.4) is 0 Å². The lowest BCUT2D eigenvalue weighted by Crippen LogP contribution is -2.26. The number of rotatable bonds is 8. The maximum Gasteiger partial charge on any atom is 0.0725 e. The molecule has 0 saturated carbocycles. The van der Waals surface area contributed by atoms with E-state index >= 15 is 0 Å². The third kappa shape index (κ3) is 3.37. The van der Waals surface area contributed by atoms with Gasteiger partial charge in [0.1, 0.15) is 0 Å². The van der Waals surface area contributed by atoms with E-state index in [0.717, 1.165) is 11.1 Å². The maximum absolute atomic E-state index is 9.16. The van der Waals surface area contributed by atoms with Gasteiger partial charge in [0.2, 0.25) is 0 Å². The number of hydrogen-bond acceptors (Lipinski definition) is 4. The summed E-state index contributed by atoms with van der Waals surface area (Å²) < 4.78 is 11.4. The molecule has 0 saturated heterocycles. The Morgan fingerprint density at radius 2 is 0.943 bits per heavy atom. The first-order valence-electron chi connectivity index (χ1n) is 12.1. The quantitative estimate of drug-likeness (QED) is 0.310. The first kappa shape index (κ1) is 22.2. The molecular weight excluding hydrogens is 436 g/mol. The molecule has 0 amide bonds. The number of ether oxygens (including phenoxy) is 2. The van der Waals surface area contributed by atoms with Crippen molar-refractivity contribution < 1.29 is 19.7 Å². The smallest absolute Gasteiger partial charge is 0.0725 e. The summed E-state index contributed by atoms with van der Waals surface area (Å²) in [6.07, 6.45) is 0. The molecule has 176 valence electrons. The van der Waals surface area contributed by atoms with Crippen molar-refractivity contribution in [3.63, 3.8) is 0 Å². The van der Waals surface area contributed by atoms with E-state index in [9.17, 15) is 0 Å². The molecule has 35 heavy (non-hydrogen) atoms. The molecule has 0 aliphatic heterocycles. The van der Waals surface area contributed by atoms with Gasteiger partial charge >= 0.3 is 0 Å². The SMILES string of the molecule is OCCOCc1ccc2c(c1)C1(c3ccccc3-2)c2ccccc2-c2ccc(COCCO)cc21. The van der Waals surface area contributed by atoms with Crippen LogP contribution in [0.2, 0.25) is 0 Å². The molecule has 6 rings (SSSR count). The van der Waals surface area contributed by atoms with Crippen LogP contribution in [-0.2, 0) is 28.1 Å². The van der Waals surface area contributed by atoms with Gasteiger partial charge in [-0.25, -0.2) is 0 Å². The minimum absolute atomic E-state index is 0.0161. The van der Waals surface area contributed by atoms with Crippen LogP contribution >= 0.6 is 0 Å². The zero-order chi connectivity index (χ0) is 23.8. The highest BCUT2D eigenvalue weighted by Gasteiger charge is 2.51. The summed E-state index contributed by atoms with van der Waals surface area (Å²) in [6.45, 7) is 1.61. The number of aliphatic hydroxyl groups excluding tert-OH is 2. The normalized spacial score (nSPS) is 14.0. The van der Waals surface area contributed by atoms with Gasteiger partial charge in [0, 0.05) is 0 Å². The van der Waals surface area contributed by atoms with Crippen molar-refractivity contribution in [1.82, 2.24) is 0 Å².